The van der Waals surface area contributed by atoms with Gasteiger partial charge in [0.2, 0.25) is 0 Å². The van der Waals surface area contributed by atoms with Crippen molar-refractivity contribution in [2.24, 2.45) is 5.92 Å². The van der Waals surface area contributed by atoms with E-state index in [0.717, 1.165) is 12.5 Å². The Labute approximate surface area is 104 Å². The van der Waals surface area contributed by atoms with Crippen LogP contribution in [0.5, 0.6) is 0 Å². The number of methoxy groups -OCH3 is 1. The zero-order chi connectivity index (χ0) is 12.1. The van der Waals surface area contributed by atoms with Crippen molar-refractivity contribution in [2.75, 3.05) is 7.11 Å². The van der Waals surface area contributed by atoms with Crippen molar-refractivity contribution in [3.05, 3.63) is 35.4 Å². The Bertz CT molecular complexity index is 347. The molecule has 0 heterocycles. The fourth-order valence-electron chi connectivity index (χ4n) is 2.25. The van der Waals surface area contributed by atoms with Crippen molar-refractivity contribution >= 4 is 0 Å². The Balaban J connectivity index is 1.83. The van der Waals surface area contributed by atoms with Crippen LogP contribution in [-0.2, 0) is 17.9 Å². The summed E-state index contributed by atoms with van der Waals surface area (Å²) in [6.45, 7) is 3.94. The first kappa shape index (κ1) is 12.6. The van der Waals surface area contributed by atoms with E-state index < -0.39 is 0 Å². The summed E-state index contributed by atoms with van der Waals surface area (Å²) < 4.78 is 5.22. The average Bonchev–Trinajstić information content (AvgIpc) is 3.12. The number of ether oxygens (including phenoxy) is 1. The molecule has 0 amide bonds. The van der Waals surface area contributed by atoms with Gasteiger partial charge in [-0.1, -0.05) is 37.1 Å². The number of hydrogen-bond acceptors (Lipinski definition) is 2. The van der Waals surface area contributed by atoms with E-state index >= 15 is 0 Å². The summed E-state index contributed by atoms with van der Waals surface area (Å²) in [6, 6.07) is 9.13. The minimum absolute atomic E-state index is 0.623. The predicted molar refractivity (Wildman–Crippen MR) is 70.8 cm³/mol. The van der Waals surface area contributed by atoms with E-state index in [9.17, 15) is 0 Å². The van der Waals surface area contributed by atoms with Crippen molar-refractivity contribution in [3.8, 4) is 0 Å². The zero-order valence-corrected chi connectivity index (χ0v) is 10.9. The summed E-state index contributed by atoms with van der Waals surface area (Å²) in [5.74, 6) is 0.992. The topological polar surface area (TPSA) is 21.3 Å². The molecule has 1 aliphatic carbocycles. The van der Waals surface area contributed by atoms with Gasteiger partial charge in [-0.25, -0.2) is 0 Å². The van der Waals surface area contributed by atoms with Gasteiger partial charge >= 0.3 is 0 Å². The van der Waals surface area contributed by atoms with Crippen LogP contribution in [0, 0.1) is 5.92 Å². The minimum atomic E-state index is 0.623. The van der Waals surface area contributed by atoms with Gasteiger partial charge in [0.1, 0.15) is 0 Å². The van der Waals surface area contributed by atoms with E-state index in [-0.39, 0.29) is 0 Å². The molecule has 1 aliphatic rings. The van der Waals surface area contributed by atoms with Crippen LogP contribution in [0.15, 0.2) is 24.3 Å². The van der Waals surface area contributed by atoms with Gasteiger partial charge in [-0.15, -0.1) is 0 Å². The second-order valence-corrected chi connectivity index (χ2v) is 5.16. The Hall–Kier alpha value is -0.860. The van der Waals surface area contributed by atoms with Crippen LogP contribution >= 0.6 is 0 Å². The summed E-state index contributed by atoms with van der Waals surface area (Å²) in [7, 11) is 1.75. The Morgan fingerprint density at radius 2 is 2.00 bits per heavy atom. The number of hydrogen-bond donors (Lipinski definition) is 1. The molecule has 1 atom stereocenters. The molecule has 0 bridgehead atoms. The molecule has 0 aliphatic heterocycles. The van der Waals surface area contributed by atoms with Gasteiger partial charge in [0.25, 0.3) is 0 Å². The Morgan fingerprint density at radius 1 is 1.29 bits per heavy atom. The van der Waals surface area contributed by atoms with E-state index in [4.69, 9.17) is 4.74 Å². The van der Waals surface area contributed by atoms with Gasteiger partial charge in [0, 0.05) is 19.7 Å². The van der Waals surface area contributed by atoms with E-state index in [1.54, 1.807) is 7.11 Å². The molecule has 1 fully saturated rings. The summed E-state index contributed by atoms with van der Waals surface area (Å²) >= 11 is 0. The summed E-state index contributed by atoms with van der Waals surface area (Å²) in [4.78, 5) is 0. The molecule has 0 radical (unpaired) electrons. The average molecular weight is 233 g/mol. The summed E-state index contributed by atoms with van der Waals surface area (Å²) in [6.07, 6.45) is 4.20. The van der Waals surface area contributed by atoms with Gasteiger partial charge in [0.05, 0.1) is 6.61 Å². The molecule has 17 heavy (non-hydrogen) atoms. The second kappa shape index (κ2) is 6.18. The number of rotatable bonds is 7. The van der Waals surface area contributed by atoms with E-state index in [1.165, 1.54) is 30.4 Å². The van der Waals surface area contributed by atoms with Crippen LogP contribution in [0.4, 0.5) is 0 Å². The van der Waals surface area contributed by atoms with Gasteiger partial charge in [0.15, 0.2) is 0 Å². The highest BCUT2D eigenvalue weighted by Gasteiger charge is 2.23. The number of nitrogens with one attached hydrogen (secondary N) is 1. The first-order valence-electron chi connectivity index (χ1n) is 6.58. The maximum absolute atomic E-state index is 5.22. The minimum Gasteiger partial charge on any atom is -0.380 e. The van der Waals surface area contributed by atoms with Crippen LogP contribution in [0.1, 0.15) is 37.3 Å². The fourth-order valence-corrected chi connectivity index (χ4v) is 2.25. The normalized spacial score (nSPS) is 17.1. The molecule has 0 saturated heterocycles. The molecule has 1 aromatic carbocycles. The molecule has 1 aromatic rings. The van der Waals surface area contributed by atoms with Crippen LogP contribution in [0.3, 0.4) is 0 Å². The van der Waals surface area contributed by atoms with E-state index in [2.05, 4.69) is 36.5 Å². The third-order valence-corrected chi connectivity index (χ3v) is 3.44. The maximum Gasteiger partial charge on any atom is 0.0716 e. The van der Waals surface area contributed by atoms with Crippen molar-refractivity contribution in [1.82, 2.24) is 5.32 Å². The summed E-state index contributed by atoms with van der Waals surface area (Å²) in [5, 5.41) is 3.61. The molecule has 2 rings (SSSR count). The third-order valence-electron chi connectivity index (χ3n) is 3.44. The van der Waals surface area contributed by atoms with Crippen LogP contribution < -0.4 is 5.32 Å². The number of benzene rings is 1. The summed E-state index contributed by atoms with van der Waals surface area (Å²) in [5.41, 5.74) is 2.65. The van der Waals surface area contributed by atoms with Gasteiger partial charge in [-0.2, -0.15) is 0 Å². The largest absolute Gasteiger partial charge is 0.380 e. The van der Waals surface area contributed by atoms with Gasteiger partial charge in [-0.3, -0.25) is 0 Å². The standard InChI is InChI=1S/C15H23NO/c1-12(9-13-7-8-13)16-10-14-5-3-4-6-15(14)11-17-2/h3-6,12-13,16H,7-11H2,1-2H3. The molecule has 0 aromatic heterocycles. The highest BCUT2D eigenvalue weighted by Crippen LogP contribution is 2.33. The SMILES string of the molecule is COCc1ccccc1CNC(C)CC1CC1. The first-order chi connectivity index (χ1) is 8.29. The Kier molecular flexibility index (Phi) is 4.57. The molecule has 0 spiro atoms. The lowest BCUT2D eigenvalue weighted by atomic mass is 10.1. The third kappa shape index (κ3) is 4.14. The van der Waals surface area contributed by atoms with Crippen molar-refractivity contribution in [1.29, 1.82) is 0 Å². The van der Waals surface area contributed by atoms with E-state index in [1.807, 2.05) is 0 Å². The zero-order valence-electron chi connectivity index (χ0n) is 10.9. The van der Waals surface area contributed by atoms with Gasteiger partial charge in [-0.05, 0) is 30.4 Å². The van der Waals surface area contributed by atoms with Crippen LogP contribution in [0.25, 0.3) is 0 Å². The molecule has 1 saturated carbocycles. The molecule has 2 heteroatoms. The molecule has 1 unspecified atom stereocenters. The smallest absolute Gasteiger partial charge is 0.0716 e. The molecule has 2 nitrogen and oxygen atoms in total. The molecular formula is C15H23NO. The maximum atomic E-state index is 5.22. The fraction of sp³-hybridized carbons (Fsp3) is 0.600. The van der Waals surface area contributed by atoms with Gasteiger partial charge < -0.3 is 10.1 Å². The lowest BCUT2D eigenvalue weighted by Crippen LogP contribution is -2.26. The first-order valence-corrected chi connectivity index (χ1v) is 6.58. The molecule has 94 valence electrons. The lowest BCUT2D eigenvalue weighted by molar-refractivity contribution is 0.184. The molecular weight excluding hydrogens is 210 g/mol. The highest BCUT2D eigenvalue weighted by atomic mass is 16.5. The lowest BCUT2D eigenvalue weighted by Gasteiger charge is -2.15. The van der Waals surface area contributed by atoms with Crippen LogP contribution in [-0.4, -0.2) is 13.2 Å². The highest BCUT2D eigenvalue weighted by molar-refractivity contribution is 5.26. The van der Waals surface area contributed by atoms with Crippen molar-refractivity contribution < 1.29 is 4.74 Å². The van der Waals surface area contributed by atoms with E-state index in [0.29, 0.717) is 12.6 Å². The van der Waals surface area contributed by atoms with Crippen LogP contribution in [0.2, 0.25) is 0 Å². The Morgan fingerprint density at radius 3 is 2.65 bits per heavy atom. The molecule has 1 N–H and O–H groups in total. The second-order valence-electron chi connectivity index (χ2n) is 5.16. The van der Waals surface area contributed by atoms with Crippen molar-refractivity contribution in [2.45, 2.75) is 45.4 Å². The monoisotopic (exact) mass is 233 g/mol. The quantitative estimate of drug-likeness (QED) is 0.781. The predicted octanol–water partition coefficient (Wildman–Crippen LogP) is 3.11. The van der Waals surface area contributed by atoms with Crippen molar-refractivity contribution in [3.63, 3.8) is 0 Å².